The quantitative estimate of drug-likeness (QED) is 0.799. The Morgan fingerprint density at radius 1 is 1.24 bits per heavy atom. The number of hydrogen-bond donors (Lipinski definition) is 3. The number of halogens is 1. The van der Waals surface area contributed by atoms with Crippen LogP contribution < -0.4 is 10.6 Å². The van der Waals surface area contributed by atoms with Crippen molar-refractivity contribution < 1.29 is 14.7 Å². The van der Waals surface area contributed by atoms with Crippen LogP contribution >= 0.6 is 11.6 Å². The SMILES string of the molecule is CC(NC(=O)N[C@H](C(=O)O)C(C)(C)C)c1cccc(Cl)c1. The molecular formula is C15H21ClN2O3. The van der Waals surface area contributed by atoms with E-state index in [4.69, 9.17) is 11.6 Å². The summed E-state index contributed by atoms with van der Waals surface area (Å²) < 4.78 is 0. The molecule has 0 saturated carbocycles. The zero-order chi connectivity index (χ0) is 16.2. The molecule has 0 aromatic heterocycles. The summed E-state index contributed by atoms with van der Waals surface area (Å²) in [6.07, 6.45) is 0. The zero-order valence-corrected chi connectivity index (χ0v) is 13.4. The van der Waals surface area contributed by atoms with Crippen LogP contribution in [0, 0.1) is 5.41 Å². The predicted molar refractivity (Wildman–Crippen MR) is 82.4 cm³/mol. The van der Waals surface area contributed by atoms with Crippen molar-refractivity contribution in [2.75, 3.05) is 0 Å². The van der Waals surface area contributed by atoms with E-state index in [-0.39, 0.29) is 6.04 Å². The average Bonchev–Trinajstić information content (AvgIpc) is 2.34. The summed E-state index contributed by atoms with van der Waals surface area (Å²) in [5.74, 6) is -1.06. The Balaban J connectivity index is 2.70. The fourth-order valence-corrected chi connectivity index (χ4v) is 2.08. The van der Waals surface area contributed by atoms with Crippen molar-refractivity contribution in [2.45, 2.75) is 39.8 Å². The van der Waals surface area contributed by atoms with Crippen molar-refractivity contribution in [1.29, 1.82) is 0 Å². The number of carboxylic acids is 1. The Morgan fingerprint density at radius 2 is 1.86 bits per heavy atom. The first-order chi connectivity index (χ1) is 9.61. The molecule has 3 N–H and O–H groups in total. The monoisotopic (exact) mass is 312 g/mol. The topological polar surface area (TPSA) is 78.4 Å². The second-order valence-corrected chi connectivity index (χ2v) is 6.47. The van der Waals surface area contributed by atoms with Gasteiger partial charge in [-0.1, -0.05) is 44.5 Å². The van der Waals surface area contributed by atoms with Gasteiger partial charge in [-0.25, -0.2) is 9.59 Å². The number of carbonyl (C=O) groups excluding carboxylic acids is 1. The number of hydrogen-bond acceptors (Lipinski definition) is 2. The Hall–Kier alpha value is -1.75. The van der Waals surface area contributed by atoms with Crippen LogP contribution in [0.3, 0.4) is 0 Å². The van der Waals surface area contributed by atoms with Crippen molar-refractivity contribution in [3.05, 3.63) is 34.9 Å². The molecule has 2 atom stereocenters. The lowest BCUT2D eigenvalue weighted by Crippen LogP contribution is -2.52. The standard InChI is InChI=1S/C15H21ClN2O3/c1-9(10-6-5-7-11(16)8-10)17-14(21)18-12(13(19)20)15(2,3)4/h5-9,12H,1-4H3,(H,19,20)(H2,17,18,21)/t9?,12-/m1/s1. The maximum atomic E-state index is 12.0. The number of benzene rings is 1. The van der Waals surface area contributed by atoms with Gasteiger partial charge in [-0.2, -0.15) is 0 Å². The number of urea groups is 1. The molecule has 0 heterocycles. The van der Waals surface area contributed by atoms with Crippen molar-refractivity contribution in [3.63, 3.8) is 0 Å². The minimum atomic E-state index is -1.06. The third-order valence-electron chi connectivity index (χ3n) is 3.08. The molecule has 0 saturated heterocycles. The van der Waals surface area contributed by atoms with E-state index in [9.17, 15) is 14.7 Å². The number of rotatable bonds is 4. The summed E-state index contributed by atoms with van der Waals surface area (Å²) in [7, 11) is 0. The average molecular weight is 313 g/mol. The Bertz CT molecular complexity index is 526. The van der Waals surface area contributed by atoms with Gasteiger partial charge in [0.2, 0.25) is 0 Å². The molecule has 21 heavy (non-hydrogen) atoms. The maximum absolute atomic E-state index is 12.0. The van der Waals surface area contributed by atoms with Crippen LogP contribution in [0.5, 0.6) is 0 Å². The molecule has 5 nitrogen and oxygen atoms in total. The van der Waals surface area contributed by atoms with Gasteiger partial charge in [0.05, 0.1) is 6.04 Å². The van der Waals surface area contributed by atoms with E-state index in [0.29, 0.717) is 5.02 Å². The van der Waals surface area contributed by atoms with Crippen LogP contribution in [-0.2, 0) is 4.79 Å². The number of amides is 2. The molecule has 0 aliphatic rings. The van der Waals surface area contributed by atoms with Gasteiger partial charge in [0.15, 0.2) is 0 Å². The van der Waals surface area contributed by atoms with E-state index in [1.165, 1.54) is 0 Å². The zero-order valence-electron chi connectivity index (χ0n) is 12.6. The molecule has 0 aliphatic heterocycles. The highest BCUT2D eigenvalue weighted by Gasteiger charge is 2.32. The summed E-state index contributed by atoms with van der Waals surface area (Å²) in [5, 5.41) is 15.0. The second-order valence-electron chi connectivity index (χ2n) is 6.03. The number of nitrogens with one attached hydrogen (secondary N) is 2. The molecule has 1 unspecified atom stereocenters. The van der Waals surface area contributed by atoms with E-state index in [0.717, 1.165) is 5.56 Å². The minimum Gasteiger partial charge on any atom is -0.480 e. The van der Waals surface area contributed by atoms with E-state index in [1.807, 2.05) is 6.07 Å². The van der Waals surface area contributed by atoms with Crippen LogP contribution in [0.2, 0.25) is 5.02 Å². The van der Waals surface area contributed by atoms with E-state index in [2.05, 4.69) is 10.6 Å². The van der Waals surface area contributed by atoms with Gasteiger partial charge in [-0.15, -0.1) is 0 Å². The van der Waals surface area contributed by atoms with Crippen molar-refractivity contribution in [1.82, 2.24) is 10.6 Å². The molecule has 0 aliphatic carbocycles. The third-order valence-corrected chi connectivity index (χ3v) is 3.32. The summed E-state index contributed by atoms with van der Waals surface area (Å²) in [6, 6.07) is 5.37. The maximum Gasteiger partial charge on any atom is 0.326 e. The summed E-state index contributed by atoms with van der Waals surface area (Å²) in [5.41, 5.74) is 0.267. The molecule has 0 radical (unpaired) electrons. The number of aliphatic carboxylic acids is 1. The molecule has 1 aromatic rings. The minimum absolute atomic E-state index is 0.280. The van der Waals surface area contributed by atoms with Crippen LogP contribution in [0.4, 0.5) is 4.79 Å². The first-order valence-corrected chi connectivity index (χ1v) is 7.04. The van der Waals surface area contributed by atoms with Crippen LogP contribution in [0.1, 0.15) is 39.3 Å². The molecule has 2 amide bonds. The Labute approximate surface area is 129 Å². The highest BCUT2D eigenvalue weighted by atomic mass is 35.5. The van der Waals surface area contributed by atoms with Crippen molar-refractivity contribution in [3.8, 4) is 0 Å². The molecule has 6 heteroatoms. The van der Waals surface area contributed by atoms with Gasteiger partial charge in [0.25, 0.3) is 0 Å². The number of carbonyl (C=O) groups is 2. The van der Waals surface area contributed by atoms with Crippen molar-refractivity contribution in [2.24, 2.45) is 5.41 Å². The van der Waals surface area contributed by atoms with E-state index in [1.54, 1.807) is 45.9 Å². The Kier molecular flexibility index (Phi) is 5.61. The first-order valence-electron chi connectivity index (χ1n) is 6.66. The third kappa shape index (κ3) is 5.27. The molecular weight excluding hydrogens is 292 g/mol. The smallest absolute Gasteiger partial charge is 0.326 e. The van der Waals surface area contributed by atoms with Gasteiger partial charge in [0.1, 0.15) is 6.04 Å². The van der Waals surface area contributed by atoms with Crippen LogP contribution in [0.25, 0.3) is 0 Å². The molecule has 116 valence electrons. The highest BCUT2D eigenvalue weighted by Crippen LogP contribution is 2.20. The predicted octanol–water partition coefficient (Wildman–Crippen LogP) is 3.20. The van der Waals surface area contributed by atoms with E-state index >= 15 is 0 Å². The summed E-state index contributed by atoms with van der Waals surface area (Å²) in [4.78, 5) is 23.2. The van der Waals surface area contributed by atoms with Gasteiger partial charge in [-0.3, -0.25) is 0 Å². The molecule has 0 spiro atoms. The Morgan fingerprint density at radius 3 is 2.33 bits per heavy atom. The highest BCUT2D eigenvalue weighted by molar-refractivity contribution is 6.30. The summed E-state index contributed by atoms with van der Waals surface area (Å²) in [6.45, 7) is 7.07. The van der Waals surface area contributed by atoms with Crippen LogP contribution in [0.15, 0.2) is 24.3 Å². The van der Waals surface area contributed by atoms with Gasteiger partial charge in [-0.05, 0) is 30.0 Å². The molecule has 1 rings (SSSR count). The fraction of sp³-hybridized carbons (Fsp3) is 0.467. The fourth-order valence-electron chi connectivity index (χ4n) is 1.88. The van der Waals surface area contributed by atoms with Gasteiger partial charge >= 0.3 is 12.0 Å². The molecule has 0 fully saturated rings. The normalized spacial score (nSPS) is 14.1. The summed E-state index contributed by atoms with van der Waals surface area (Å²) >= 11 is 5.91. The lowest BCUT2D eigenvalue weighted by Gasteiger charge is -2.28. The number of carboxylic acid groups (broad SMARTS) is 1. The van der Waals surface area contributed by atoms with Crippen LogP contribution in [-0.4, -0.2) is 23.1 Å². The van der Waals surface area contributed by atoms with Gasteiger partial charge in [0, 0.05) is 5.02 Å². The van der Waals surface area contributed by atoms with E-state index < -0.39 is 23.5 Å². The van der Waals surface area contributed by atoms with Crippen molar-refractivity contribution >= 4 is 23.6 Å². The molecule has 1 aromatic carbocycles. The van der Waals surface area contributed by atoms with Gasteiger partial charge < -0.3 is 15.7 Å². The molecule has 0 bridgehead atoms. The lowest BCUT2D eigenvalue weighted by atomic mass is 9.87. The largest absolute Gasteiger partial charge is 0.480 e. The lowest BCUT2D eigenvalue weighted by molar-refractivity contribution is -0.141. The first kappa shape index (κ1) is 17.3. The second kappa shape index (κ2) is 6.80.